The quantitative estimate of drug-likeness (QED) is 0.328. The summed E-state index contributed by atoms with van der Waals surface area (Å²) in [5, 5.41) is 2.43. The number of nitrogens with one attached hydrogen (secondary N) is 1. The monoisotopic (exact) mass is 327 g/mol. The van der Waals surface area contributed by atoms with Gasteiger partial charge in [-0.1, -0.05) is 84.0 Å². The largest absolute Gasteiger partial charge is 0.464 e. The van der Waals surface area contributed by atoms with Crippen LogP contribution in [0.5, 0.6) is 0 Å². The van der Waals surface area contributed by atoms with Crippen LogP contribution in [-0.2, 0) is 14.3 Å². The fourth-order valence-electron chi connectivity index (χ4n) is 2.55. The fraction of sp³-hybridized carbons (Fsp3) is 0.895. The van der Waals surface area contributed by atoms with Crippen molar-refractivity contribution in [2.75, 3.05) is 13.2 Å². The van der Waals surface area contributed by atoms with E-state index in [4.69, 9.17) is 4.74 Å². The Bertz CT molecular complexity index is 292. The van der Waals surface area contributed by atoms with Crippen molar-refractivity contribution < 1.29 is 14.3 Å². The standard InChI is InChI=1S/C19H37NO3/c1-3-4-5-6-7-8-9-10-11-12-13-14-15-16-23-19(22)17-20-18(2)21/h3-17H2,1-2H3,(H,20,21). The first kappa shape index (κ1) is 21.9. The van der Waals surface area contributed by atoms with Gasteiger partial charge in [0.05, 0.1) is 6.61 Å². The van der Waals surface area contributed by atoms with Crippen LogP contribution in [0.25, 0.3) is 0 Å². The van der Waals surface area contributed by atoms with Crippen molar-refractivity contribution in [1.29, 1.82) is 0 Å². The summed E-state index contributed by atoms with van der Waals surface area (Å²) in [7, 11) is 0. The minimum absolute atomic E-state index is 0.0201. The zero-order chi connectivity index (χ0) is 17.2. The second-order valence-electron chi connectivity index (χ2n) is 6.37. The number of amides is 1. The molecule has 0 aromatic heterocycles. The molecule has 0 radical (unpaired) electrons. The van der Waals surface area contributed by atoms with Crippen LogP contribution in [0, 0.1) is 0 Å². The average molecular weight is 328 g/mol. The number of rotatable bonds is 16. The van der Waals surface area contributed by atoms with Gasteiger partial charge < -0.3 is 10.1 Å². The van der Waals surface area contributed by atoms with Gasteiger partial charge in [-0.05, 0) is 6.42 Å². The molecule has 1 amide bonds. The van der Waals surface area contributed by atoms with Crippen molar-refractivity contribution in [2.24, 2.45) is 0 Å². The Balaban J connectivity index is 3.10. The van der Waals surface area contributed by atoms with E-state index in [2.05, 4.69) is 12.2 Å². The molecule has 136 valence electrons. The number of carbonyl (C=O) groups excluding carboxylic acids is 2. The van der Waals surface area contributed by atoms with E-state index in [1.807, 2.05) is 0 Å². The Morgan fingerprint density at radius 1 is 0.739 bits per heavy atom. The van der Waals surface area contributed by atoms with Gasteiger partial charge in [0.15, 0.2) is 0 Å². The Labute approximate surface area is 142 Å². The number of unbranched alkanes of at least 4 members (excludes halogenated alkanes) is 12. The minimum Gasteiger partial charge on any atom is -0.464 e. The third-order valence-electron chi connectivity index (χ3n) is 3.99. The van der Waals surface area contributed by atoms with Crippen molar-refractivity contribution in [1.82, 2.24) is 5.32 Å². The maximum absolute atomic E-state index is 11.2. The summed E-state index contributed by atoms with van der Waals surface area (Å²) in [5.74, 6) is -0.554. The molecule has 0 fully saturated rings. The number of ether oxygens (including phenoxy) is 1. The summed E-state index contributed by atoms with van der Waals surface area (Å²) < 4.78 is 5.04. The first-order chi connectivity index (χ1) is 11.2. The normalized spacial score (nSPS) is 10.5. The zero-order valence-corrected chi connectivity index (χ0v) is 15.3. The number of carbonyl (C=O) groups is 2. The van der Waals surface area contributed by atoms with Crippen LogP contribution >= 0.6 is 0 Å². The maximum Gasteiger partial charge on any atom is 0.325 e. The zero-order valence-electron chi connectivity index (χ0n) is 15.3. The number of hydrogen-bond donors (Lipinski definition) is 1. The molecule has 23 heavy (non-hydrogen) atoms. The lowest BCUT2D eigenvalue weighted by molar-refractivity contribution is -0.143. The summed E-state index contributed by atoms with van der Waals surface area (Å²) in [5.41, 5.74) is 0. The molecule has 0 saturated heterocycles. The van der Waals surface area contributed by atoms with Crippen molar-refractivity contribution in [3.8, 4) is 0 Å². The van der Waals surface area contributed by atoms with Crippen LogP contribution in [0.1, 0.15) is 97.3 Å². The van der Waals surface area contributed by atoms with Gasteiger partial charge in [0, 0.05) is 6.92 Å². The topological polar surface area (TPSA) is 55.4 Å². The molecule has 4 nitrogen and oxygen atoms in total. The van der Waals surface area contributed by atoms with Gasteiger partial charge in [-0.25, -0.2) is 0 Å². The van der Waals surface area contributed by atoms with Crippen molar-refractivity contribution in [3.05, 3.63) is 0 Å². The van der Waals surface area contributed by atoms with Crippen LogP contribution in [0.2, 0.25) is 0 Å². The van der Waals surface area contributed by atoms with Crippen LogP contribution < -0.4 is 5.32 Å². The molecule has 0 spiro atoms. The molecule has 0 unspecified atom stereocenters. The molecule has 0 bridgehead atoms. The molecule has 0 heterocycles. The Hall–Kier alpha value is -1.06. The van der Waals surface area contributed by atoms with E-state index in [0.29, 0.717) is 6.61 Å². The van der Waals surface area contributed by atoms with Gasteiger partial charge >= 0.3 is 5.97 Å². The fourth-order valence-corrected chi connectivity index (χ4v) is 2.55. The lowest BCUT2D eigenvalue weighted by atomic mass is 10.0. The predicted octanol–water partition coefficient (Wildman–Crippen LogP) is 4.76. The summed E-state index contributed by atoms with van der Waals surface area (Å²) in [6.45, 7) is 4.10. The van der Waals surface area contributed by atoms with Gasteiger partial charge in [-0.2, -0.15) is 0 Å². The highest BCUT2D eigenvalue weighted by Gasteiger charge is 2.02. The first-order valence-electron chi connectivity index (χ1n) is 9.57. The van der Waals surface area contributed by atoms with E-state index >= 15 is 0 Å². The molecule has 0 aliphatic carbocycles. The molecule has 1 N–H and O–H groups in total. The average Bonchev–Trinajstić information content (AvgIpc) is 2.53. The first-order valence-corrected chi connectivity index (χ1v) is 9.57. The molecule has 0 aliphatic heterocycles. The van der Waals surface area contributed by atoms with E-state index in [-0.39, 0.29) is 18.4 Å². The molecule has 0 rings (SSSR count). The summed E-state index contributed by atoms with van der Waals surface area (Å²) in [4.78, 5) is 21.9. The molecule has 0 atom stereocenters. The molecule has 0 aromatic rings. The van der Waals surface area contributed by atoms with Crippen LogP contribution in [-0.4, -0.2) is 25.0 Å². The lowest BCUT2D eigenvalue weighted by Gasteiger charge is -2.05. The summed E-state index contributed by atoms with van der Waals surface area (Å²) in [6.07, 6.45) is 17.0. The molecule has 0 aliphatic rings. The molecule has 4 heteroatoms. The SMILES string of the molecule is CCCCCCCCCCCCCCCOC(=O)CNC(C)=O. The van der Waals surface area contributed by atoms with E-state index in [1.165, 1.54) is 77.6 Å². The smallest absolute Gasteiger partial charge is 0.325 e. The molecular weight excluding hydrogens is 290 g/mol. The van der Waals surface area contributed by atoms with Gasteiger partial charge in [0.1, 0.15) is 6.54 Å². The van der Waals surface area contributed by atoms with E-state index < -0.39 is 0 Å². The minimum atomic E-state index is -0.348. The third kappa shape index (κ3) is 18.9. The molecular formula is C19H37NO3. The van der Waals surface area contributed by atoms with E-state index in [1.54, 1.807) is 0 Å². The Morgan fingerprint density at radius 3 is 1.61 bits per heavy atom. The second kappa shape index (κ2) is 17.3. The third-order valence-corrected chi connectivity index (χ3v) is 3.99. The maximum atomic E-state index is 11.2. The summed E-state index contributed by atoms with van der Waals surface area (Å²) >= 11 is 0. The highest BCUT2D eigenvalue weighted by Crippen LogP contribution is 2.12. The van der Waals surface area contributed by atoms with Crippen LogP contribution in [0.15, 0.2) is 0 Å². The van der Waals surface area contributed by atoms with Crippen molar-refractivity contribution in [2.45, 2.75) is 97.3 Å². The van der Waals surface area contributed by atoms with E-state index in [9.17, 15) is 9.59 Å². The highest BCUT2D eigenvalue weighted by molar-refractivity contribution is 5.80. The highest BCUT2D eigenvalue weighted by atomic mass is 16.5. The lowest BCUT2D eigenvalue weighted by Crippen LogP contribution is -2.28. The molecule has 0 aromatic carbocycles. The second-order valence-corrected chi connectivity index (χ2v) is 6.37. The van der Waals surface area contributed by atoms with Gasteiger partial charge in [0.25, 0.3) is 0 Å². The van der Waals surface area contributed by atoms with Crippen molar-refractivity contribution in [3.63, 3.8) is 0 Å². The van der Waals surface area contributed by atoms with Gasteiger partial charge in [0.2, 0.25) is 5.91 Å². The predicted molar refractivity (Wildman–Crippen MR) is 95.3 cm³/mol. The van der Waals surface area contributed by atoms with E-state index in [0.717, 1.165) is 12.8 Å². The van der Waals surface area contributed by atoms with Crippen LogP contribution in [0.4, 0.5) is 0 Å². The van der Waals surface area contributed by atoms with Crippen LogP contribution in [0.3, 0.4) is 0 Å². The number of hydrogen-bond acceptors (Lipinski definition) is 3. The number of esters is 1. The van der Waals surface area contributed by atoms with Crippen molar-refractivity contribution >= 4 is 11.9 Å². The molecule has 0 saturated carbocycles. The Morgan fingerprint density at radius 2 is 1.17 bits per heavy atom. The van der Waals surface area contributed by atoms with Gasteiger partial charge in [-0.3, -0.25) is 9.59 Å². The Kier molecular flexibility index (Phi) is 16.5. The summed E-state index contributed by atoms with van der Waals surface area (Å²) in [6, 6.07) is 0. The van der Waals surface area contributed by atoms with Gasteiger partial charge in [-0.15, -0.1) is 0 Å².